The maximum Gasteiger partial charge on any atom is 0.254 e. The third-order valence-corrected chi connectivity index (χ3v) is 4.61. The number of nitrogens with zero attached hydrogens (tertiary/aromatic N) is 1. The van der Waals surface area contributed by atoms with E-state index in [0.29, 0.717) is 11.8 Å². The highest BCUT2D eigenvalue weighted by Gasteiger charge is 2.47. The van der Waals surface area contributed by atoms with Crippen LogP contribution in [0.1, 0.15) is 29.6 Å². The molecule has 2 fully saturated rings. The first kappa shape index (κ1) is 12.5. The van der Waals surface area contributed by atoms with Crippen LogP contribution in [0, 0.1) is 23.6 Å². The molecule has 2 N–H and O–H groups in total. The largest absolute Gasteiger partial charge is 0.396 e. The molecule has 1 heterocycles. The van der Waals surface area contributed by atoms with E-state index in [1.807, 2.05) is 0 Å². The summed E-state index contributed by atoms with van der Waals surface area (Å²) in [4.78, 5) is 15.7. The van der Waals surface area contributed by atoms with Gasteiger partial charge in [0.25, 0.3) is 5.91 Å². The zero-order chi connectivity index (χ0) is 13.4. The van der Waals surface area contributed by atoms with Crippen LogP contribution in [0.15, 0.2) is 18.5 Å². The highest BCUT2D eigenvalue weighted by Crippen LogP contribution is 2.48. The van der Waals surface area contributed by atoms with Crippen LogP contribution in [-0.2, 0) is 0 Å². The monoisotopic (exact) mass is 264 g/mol. The number of amides is 1. The van der Waals surface area contributed by atoms with Crippen molar-refractivity contribution in [1.29, 1.82) is 0 Å². The lowest BCUT2D eigenvalue weighted by atomic mass is 9.85. The maximum absolute atomic E-state index is 13.5. The minimum absolute atomic E-state index is 0.0227. The quantitative estimate of drug-likeness (QED) is 0.866. The number of halogens is 1. The number of aromatic nitrogens is 1. The van der Waals surface area contributed by atoms with Crippen molar-refractivity contribution in [3.8, 4) is 0 Å². The Hall–Kier alpha value is -1.49. The fourth-order valence-electron chi connectivity index (χ4n) is 3.69. The average Bonchev–Trinajstić information content (AvgIpc) is 3.00. The molecule has 1 amide bonds. The van der Waals surface area contributed by atoms with Gasteiger partial charge in [-0.2, -0.15) is 0 Å². The van der Waals surface area contributed by atoms with Crippen molar-refractivity contribution in [2.75, 3.05) is 6.61 Å². The van der Waals surface area contributed by atoms with Crippen LogP contribution in [0.5, 0.6) is 0 Å². The number of carbonyl (C=O) groups excluding carboxylic acids is 1. The van der Waals surface area contributed by atoms with Crippen LogP contribution >= 0.6 is 0 Å². The molecule has 5 heteroatoms. The van der Waals surface area contributed by atoms with Gasteiger partial charge < -0.3 is 10.4 Å². The second-order valence-electron chi connectivity index (χ2n) is 5.53. The number of nitrogens with one attached hydrogen (secondary N) is 1. The molecular formula is C14H17FN2O2. The number of carbonyl (C=O) groups is 1. The minimum Gasteiger partial charge on any atom is -0.396 e. The molecule has 3 rings (SSSR count). The highest BCUT2D eigenvalue weighted by molar-refractivity contribution is 5.94. The van der Waals surface area contributed by atoms with Gasteiger partial charge in [0.2, 0.25) is 0 Å². The molecule has 0 aromatic carbocycles. The zero-order valence-corrected chi connectivity index (χ0v) is 10.6. The fraction of sp³-hybridized carbons (Fsp3) is 0.571. The maximum atomic E-state index is 13.5. The Balaban J connectivity index is 1.75. The summed E-state index contributed by atoms with van der Waals surface area (Å²) in [7, 11) is 0. The number of hydrogen-bond acceptors (Lipinski definition) is 3. The van der Waals surface area contributed by atoms with Gasteiger partial charge in [0, 0.05) is 24.8 Å². The van der Waals surface area contributed by atoms with Crippen LogP contribution < -0.4 is 5.32 Å². The summed E-state index contributed by atoms with van der Waals surface area (Å²) in [5.74, 6) is 0.0331. The summed E-state index contributed by atoms with van der Waals surface area (Å²) >= 11 is 0. The van der Waals surface area contributed by atoms with Gasteiger partial charge in [0.15, 0.2) is 5.82 Å². The Morgan fingerprint density at radius 2 is 2.26 bits per heavy atom. The van der Waals surface area contributed by atoms with Gasteiger partial charge in [-0.15, -0.1) is 0 Å². The zero-order valence-electron chi connectivity index (χ0n) is 10.6. The molecule has 0 spiro atoms. The summed E-state index contributed by atoms with van der Waals surface area (Å²) in [5.41, 5.74) is 0.0227. The van der Waals surface area contributed by atoms with Crippen molar-refractivity contribution < 1.29 is 14.3 Å². The van der Waals surface area contributed by atoms with Crippen molar-refractivity contribution in [3.05, 3.63) is 29.8 Å². The van der Waals surface area contributed by atoms with Gasteiger partial charge in [-0.05, 0) is 37.2 Å². The summed E-state index contributed by atoms with van der Waals surface area (Å²) in [5, 5.41) is 12.4. The number of hydrogen-bond donors (Lipinski definition) is 2. The van der Waals surface area contributed by atoms with Crippen LogP contribution in [0.25, 0.3) is 0 Å². The van der Waals surface area contributed by atoms with E-state index >= 15 is 0 Å². The van der Waals surface area contributed by atoms with E-state index in [4.69, 9.17) is 0 Å². The highest BCUT2D eigenvalue weighted by atomic mass is 19.1. The number of aliphatic hydroxyl groups is 1. The lowest BCUT2D eigenvalue weighted by Crippen LogP contribution is -2.45. The third kappa shape index (κ3) is 2.12. The third-order valence-electron chi connectivity index (χ3n) is 4.61. The molecule has 4 atom stereocenters. The molecule has 2 saturated carbocycles. The summed E-state index contributed by atoms with van der Waals surface area (Å²) in [6.07, 6.45) is 5.73. The number of aliphatic hydroxyl groups excluding tert-OH is 1. The van der Waals surface area contributed by atoms with E-state index in [1.54, 1.807) is 0 Å². The normalized spacial score (nSPS) is 32.5. The molecule has 102 valence electrons. The van der Waals surface area contributed by atoms with E-state index in [0.717, 1.165) is 25.5 Å². The van der Waals surface area contributed by atoms with Crippen LogP contribution in [0.4, 0.5) is 4.39 Å². The molecule has 2 aliphatic rings. The first-order chi connectivity index (χ1) is 9.20. The topological polar surface area (TPSA) is 62.2 Å². The fourth-order valence-corrected chi connectivity index (χ4v) is 3.69. The average molecular weight is 264 g/mol. The number of pyridine rings is 1. The predicted octanol–water partition coefficient (Wildman–Crippen LogP) is 1.36. The molecule has 19 heavy (non-hydrogen) atoms. The smallest absolute Gasteiger partial charge is 0.254 e. The van der Waals surface area contributed by atoms with Crippen molar-refractivity contribution in [3.63, 3.8) is 0 Å². The summed E-state index contributed by atoms with van der Waals surface area (Å²) < 4.78 is 13.5. The van der Waals surface area contributed by atoms with E-state index < -0.39 is 11.7 Å². The summed E-state index contributed by atoms with van der Waals surface area (Å²) in [6, 6.07) is 1.36. The first-order valence-corrected chi connectivity index (χ1v) is 6.72. The number of rotatable bonds is 3. The minimum atomic E-state index is -0.608. The van der Waals surface area contributed by atoms with Gasteiger partial charge in [-0.1, -0.05) is 0 Å². The Bertz CT molecular complexity index is 494. The van der Waals surface area contributed by atoms with E-state index in [9.17, 15) is 14.3 Å². The van der Waals surface area contributed by atoms with Crippen molar-refractivity contribution in [2.45, 2.75) is 25.3 Å². The SMILES string of the molecule is O=C(NC1C2CCC(C2)C1CO)c1ccncc1F. The molecule has 4 nitrogen and oxygen atoms in total. The predicted molar refractivity (Wildman–Crippen MR) is 66.9 cm³/mol. The van der Waals surface area contributed by atoms with Gasteiger partial charge in [0.1, 0.15) is 0 Å². The Labute approximate surface area is 111 Å². The number of fused-ring (bicyclic) bond motifs is 2. The van der Waals surface area contributed by atoms with Gasteiger partial charge in [-0.3, -0.25) is 9.78 Å². The Kier molecular flexibility index (Phi) is 3.22. The molecule has 0 saturated heterocycles. The van der Waals surface area contributed by atoms with Gasteiger partial charge in [-0.25, -0.2) is 4.39 Å². The van der Waals surface area contributed by atoms with Crippen LogP contribution in [0.3, 0.4) is 0 Å². The molecule has 2 bridgehead atoms. The van der Waals surface area contributed by atoms with Gasteiger partial charge >= 0.3 is 0 Å². The lowest BCUT2D eigenvalue weighted by Gasteiger charge is -2.30. The molecule has 4 unspecified atom stereocenters. The first-order valence-electron chi connectivity index (χ1n) is 6.72. The van der Waals surface area contributed by atoms with Crippen molar-refractivity contribution in [2.24, 2.45) is 17.8 Å². The van der Waals surface area contributed by atoms with E-state index in [2.05, 4.69) is 10.3 Å². The summed E-state index contributed by atoms with van der Waals surface area (Å²) in [6.45, 7) is 0.0882. The molecule has 0 aliphatic heterocycles. The van der Waals surface area contributed by atoms with Gasteiger partial charge in [0.05, 0.1) is 11.8 Å². The molecular weight excluding hydrogens is 247 g/mol. The molecule has 0 radical (unpaired) electrons. The Morgan fingerprint density at radius 1 is 1.47 bits per heavy atom. The van der Waals surface area contributed by atoms with Crippen LogP contribution in [-0.4, -0.2) is 28.6 Å². The van der Waals surface area contributed by atoms with E-state index in [-0.39, 0.29) is 24.1 Å². The molecule has 2 aliphatic carbocycles. The van der Waals surface area contributed by atoms with E-state index in [1.165, 1.54) is 12.3 Å². The standard InChI is InChI=1S/C14H17FN2O2/c15-12-6-16-4-3-10(12)14(19)17-13-9-2-1-8(5-9)11(13)7-18/h3-4,6,8-9,11,13,18H,1-2,5,7H2,(H,17,19). The second kappa shape index (κ2) is 4.89. The molecule has 1 aromatic rings. The van der Waals surface area contributed by atoms with Crippen molar-refractivity contribution in [1.82, 2.24) is 10.3 Å². The molecule has 1 aromatic heterocycles. The Morgan fingerprint density at radius 3 is 3.00 bits per heavy atom. The van der Waals surface area contributed by atoms with Crippen molar-refractivity contribution >= 4 is 5.91 Å². The van der Waals surface area contributed by atoms with Crippen LogP contribution in [0.2, 0.25) is 0 Å². The lowest BCUT2D eigenvalue weighted by molar-refractivity contribution is 0.0857. The second-order valence-corrected chi connectivity index (χ2v) is 5.53.